The Balaban J connectivity index is 1.81. The lowest BCUT2D eigenvalue weighted by Gasteiger charge is -2.52. The van der Waals surface area contributed by atoms with Gasteiger partial charge in [0.25, 0.3) is 0 Å². The maximum atomic E-state index is 11.7. The van der Waals surface area contributed by atoms with E-state index in [0.29, 0.717) is 17.9 Å². The van der Waals surface area contributed by atoms with Crippen molar-refractivity contribution >= 4 is 11.9 Å². The quantitative estimate of drug-likeness (QED) is 0.752. The van der Waals surface area contributed by atoms with E-state index >= 15 is 0 Å². The fraction of sp³-hybridized carbons (Fsp3) is 0.818. The van der Waals surface area contributed by atoms with Crippen molar-refractivity contribution in [2.24, 2.45) is 11.8 Å². The average molecular weight is 227 g/mol. The highest BCUT2D eigenvalue weighted by molar-refractivity contribution is 5.80. The molecule has 0 radical (unpaired) electrons. The summed E-state index contributed by atoms with van der Waals surface area (Å²) in [6.07, 6.45) is 1.50. The molecule has 1 aliphatic carbocycles. The number of rotatable bonds is 4. The van der Waals surface area contributed by atoms with E-state index in [1.54, 1.807) is 12.0 Å². The summed E-state index contributed by atoms with van der Waals surface area (Å²) in [5, 5.41) is 8.51. The van der Waals surface area contributed by atoms with E-state index in [1.807, 2.05) is 0 Å². The molecule has 2 atom stereocenters. The number of carbonyl (C=O) groups excluding carboxylic acids is 1. The molecule has 2 unspecified atom stereocenters. The van der Waals surface area contributed by atoms with E-state index in [0.717, 1.165) is 19.5 Å². The second kappa shape index (κ2) is 4.41. The summed E-state index contributed by atoms with van der Waals surface area (Å²) in [5.74, 6) is -0.0352. The van der Waals surface area contributed by atoms with Crippen LogP contribution in [0.15, 0.2) is 0 Å². The van der Waals surface area contributed by atoms with Gasteiger partial charge in [-0.15, -0.1) is 0 Å². The van der Waals surface area contributed by atoms with Gasteiger partial charge in [0.1, 0.15) is 0 Å². The number of nitrogens with zero attached hydrogens (tertiary/aromatic N) is 1. The summed E-state index contributed by atoms with van der Waals surface area (Å²) in [4.78, 5) is 23.8. The molecule has 3 aliphatic rings. The molecule has 16 heavy (non-hydrogen) atoms. The SMILES string of the molecule is COC1C2CC1CN(C(=O)CCC(=O)O)C2. The number of ether oxygens (including phenoxy) is 1. The van der Waals surface area contributed by atoms with Crippen LogP contribution in [0.4, 0.5) is 0 Å². The van der Waals surface area contributed by atoms with Gasteiger partial charge in [-0.05, 0) is 6.42 Å². The molecule has 1 saturated carbocycles. The zero-order valence-corrected chi connectivity index (χ0v) is 9.39. The third kappa shape index (κ3) is 2.04. The minimum atomic E-state index is -0.912. The fourth-order valence-electron chi connectivity index (χ4n) is 2.80. The fourth-order valence-corrected chi connectivity index (χ4v) is 2.80. The lowest BCUT2D eigenvalue weighted by atomic mass is 9.68. The Hall–Kier alpha value is -1.10. The Morgan fingerprint density at radius 1 is 1.31 bits per heavy atom. The number of fused-ring (bicyclic) bond motifs is 2. The van der Waals surface area contributed by atoms with E-state index < -0.39 is 5.97 Å². The predicted octanol–water partition coefficient (Wildman–Crippen LogP) is 0.344. The molecular formula is C11H17NO4. The van der Waals surface area contributed by atoms with E-state index in [9.17, 15) is 9.59 Å². The zero-order valence-electron chi connectivity index (χ0n) is 9.39. The van der Waals surface area contributed by atoms with Crippen molar-refractivity contribution in [3.05, 3.63) is 0 Å². The van der Waals surface area contributed by atoms with Gasteiger partial charge < -0.3 is 14.7 Å². The first-order chi connectivity index (χ1) is 7.61. The van der Waals surface area contributed by atoms with Gasteiger partial charge in [-0.2, -0.15) is 0 Å². The topological polar surface area (TPSA) is 66.8 Å². The Morgan fingerprint density at radius 3 is 2.44 bits per heavy atom. The number of hydrogen-bond donors (Lipinski definition) is 1. The molecule has 2 heterocycles. The van der Waals surface area contributed by atoms with Crippen molar-refractivity contribution in [2.45, 2.75) is 25.4 Å². The summed E-state index contributed by atoms with van der Waals surface area (Å²) < 4.78 is 5.35. The molecule has 1 amide bonds. The minimum absolute atomic E-state index is 0.0355. The number of aliphatic carboxylic acids is 1. The second-order valence-corrected chi connectivity index (χ2v) is 4.65. The Kier molecular flexibility index (Phi) is 3.14. The highest BCUT2D eigenvalue weighted by atomic mass is 16.5. The molecule has 1 N–H and O–H groups in total. The molecule has 0 aromatic rings. The molecule has 2 saturated heterocycles. The number of amides is 1. The lowest BCUT2D eigenvalue weighted by Crippen LogP contribution is -2.60. The van der Waals surface area contributed by atoms with Crippen LogP contribution in [0.2, 0.25) is 0 Å². The maximum absolute atomic E-state index is 11.7. The van der Waals surface area contributed by atoms with Crippen LogP contribution in [0, 0.1) is 11.8 Å². The van der Waals surface area contributed by atoms with E-state index in [4.69, 9.17) is 9.84 Å². The van der Waals surface area contributed by atoms with Gasteiger partial charge in [-0.1, -0.05) is 0 Å². The van der Waals surface area contributed by atoms with E-state index in [1.165, 1.54) is 0 Å². The number of carbonyl (C=O) groups is 2. The number of carboxylic acid groups (broad SMARTS) is 1. The third-order valence-corrected chi connectivity index (χ3v) is 3.62. The van der Waals surface area contributed by atoms with Gasteiger partial charge in [-0.3, -0.25) is 9.59 Å². The van der Waals surface area contributed by atoms with Crippen LogP contribution in [0.25, 0.3) is 0 Å². The van der Waals surface area contributed by atoms with Crippen molar-refractivity contribution in [2.75, 3.05) is 20.2 Å². The van der Waals surface area contributed by atoms with Crippen LogP contribution >= 0.6 is 0 Å². The average Bonchev–Trinajstić information content (AvgIpc) is 2.26. The monoisotopic (exact) mass is 227 g/mol. The second-order valence-electron chi connectivity index (χ2n) is 4.65. The normalized spacial score (nSPS) is 32.1. The largest absolute Gasteiger partial charge is 0.481 e. The molecule has 3 rings (SSSR count). The minimum Gasteiger partial charge on any atom is -0.481 e. The van der Waals surface area contributed by atoms with Crippen molar-refractivity contribution < 1.29 is 19.4 Å². The number of piperidine rings is 2. The molecule has 90 valence electrons. The summed E-state index contributed by atoms with van der Waals surface area (Å²) >= 11 is 0. The molecular weight excluding hydrogens is 210 g/mol. The van der Waals surface area contributed by atoms with Gasteiger partial charge in [0, 0.05) is 38.5 Å². The van der Waals surface area contributed by atoms with Crippen molar-refractivity contribution in [1.29, 1.82) is 0 Å². The molecule has 0 aromatic carbocycles. The smallest absolute Gasteiger partial charge is 0.303 e. The van der Waals surface area contributed by atoms with E-state index in [2.05, 4.69) is 0 Å². The van der Waals surface area contributed by atoms with Gasteiger partial charge >= 0.3 is 5.97 Å². The van der Waals surface area contributed by atoms with Crippen molar-refractivity contribution in [3.8, 4) is 0 Å². The maximum Gasteiger partial charge on any atom is 0.303 e. The first-order valence-electron chi connectivity index (χ1n) is 5.64. The molecule has 2 bridgehead atoms. The standard InChI is InChI=1S/C11H17NO4/c1-16-11-7-4-8(11)6-12(5-7)9(13)2-3-10(14)15/h7-8,11H,2-6H2,1H3,(H,14,15). The molecule has 5 nitrogen and oxygen atoms in total. The highest BCUT2D eigenvalue weighted by Gasteiger charge is 2.47. The highest BCUT2D eigenvalue weighted by Crippen LogP contribution is 2.41. The van der Waals surface area contributed by atoms with Crippen molar-refractivity contribution in [1.82, 2.24) is 4.90 Å². The number of methoxy groups -OCH3 is 1. The predicted molar refractivity (Wildman–Crippen MR) is 55.8 cm³/mol. The van der Waals surface area contributed by atoms with Gasteiger partial charge in [0.15, 0.2) is 0 Å². The van der Waals surface area contributed by atoms with E-state index in [-0.39, 0.29) is 18.7 Å². The number of hydrogen-bond acceptors (Lipinski definition) is 3. The van der Waals surface area contributed by atoms with Crippen LogP contribution in [0.1, 0.15) is 19.3 Å². The molecule has 2 aliphatic heterocycles. The first-order valence-corrected chi connectivity index (χ1v) is 5.64. The number of carboxylic acids is 1. The molecule has 0 spiro atoms. The summed E-state index contributed by atoms with van der Waals surface area (Å²) in [7, 11) is 1.71. The van der Waals surface area contributed by atoms with Crippen LogP contribution < -0.4 is 0 Å². The van der Waals surface area contributed by atoms with Crippen LogP contribution in [-0.4, -0.2) is 48.2 Å². The summed E-state index contributed by atoms with van der Waals surface area (Å²) in [5.41, 5.74) is 0. The van der Waals surface area contributed by atoms with Crippen molar-refractivity contribution in [3.63, 3.8) is 0 Å². The van der Waals surface area contributed by atoms with Crippen LogP contribution in [0.3, 0.4) is 0 Å². The Morgan fingerprint density at radius 2 is 1.94 bits per heavy atom. The van der Waals surface area contributed by atoms with Gasteiger partial charge in [-0.25, -0.2) is 0 Å². The summed E-state index contributed by atoms with van der Waals surface area (Å²) in [6, 6.07) is 0. The van der Waals surface area contributed by atoms with Crippen LogP contribution in [0.5, 0.6) is 0 Å². The van der Waals surface area contributed by atoms with Crippen LogP contribution in [-0.2, 0) is 14.3 Å². The van der Waals surface area contributed by atoms with Gasteiger partial charge in [0.2, 0.25) is 5.91 Å². The zero-order chi connectivity index (χ0) is 11.7. The summed E-state index contributed by atoms with van der Waals surface area (Å²) in [6.45, 7) is 1.46. The molecule has 0 aromatic heterocycles. The Labute approximate surface area is 94.4 Å². The molecule has 3 fully saturated rings. The molecule has 5 heteroatoms. The first kappa shape index (κ1) is 11.4. The lowest BCUT2D eigenvalue weighted by molar-refractivity contribution is -0.157. The van der Waals surface area contributed by atoms with Gasteiger partial charge in [0.05, 0.1) is 12.5 Å². The third-order valence-electron chi connectivity index (χ3n) is 3.62. The Bertz CT molecular complexity index is 292.